The van der Waals surface area contributed by atoms with Gasteiger partial charge in [-0.2, -0.15) is 5.43 Å². The van der Waals surface area contributed by atoms with E-state index < -0.39 is 0 Å². The molecule has 4 heterocycles. The average Bonchev–Trinajstić information content (AvgIpc) is 3.64. The third-order valence-electron chi connectivity index (χ3n) is 6.46. The quantitative estimate of drug-likeness (QED) is 0.233. The molecule has 1 aliphatic heterocycles. The van der Waals surface area contributed by atoms with E-state index in [1.54, 1.807) is 18.7 Å². The lowest BCUT2D eigenvalue weighted by Crippen LogP contribution is -2.69. The maximum Gasteiger partial charge on any atom is 0.224 e. The number of anilines is 1. The van der Waals surface area contributed by atoms with E-state index in [1.165, 1.54) is 0 Å². The summed E-state index contributed by atoms with van der Waals surface area (Å²) in [6.07, 6.45) is 9.63. The summed E-state index contributed by atoms with van der Waals surface area (Å²) in [7, 11) is 0. The van der Waals surface area contributed by atoms with Gasteiger partial charge in [-0.05, 0) is 49.2 Å². The molecule has 0 spiro atoms. The minimum atomic E-state index is 0.00822. The van der Waals surface area contributed by atoms with Crippen LogP contribution in [0.15, 0.2) is 72.5 Å². The summed E-state index contributed by atoms with van der Waals surface area (Å²) < 4.78 is 1.98. The number of rotatable bonds is 7. The number of quaternary nitrogens is 1. The minimum Gasteiger partial charge on any atom is -0.336 e. The van der Waals surface area contributed by atoms with Gasteiger partial charge in [-0.3, -0.25) is 9.78 Å². The number of para-hydroxylation sites is 1. The zero-order valence-corrected chi connectivity index (χ0v) is 20.7. The van der Waals surface area contributed by atoms with Crippen molar-refractivity contribution in [2.75, 3.05) is 5.32 Å². The molecule has 0 saturated heterocycles. The van der Waals surface area contributed by atoms with Crippen molar-refractivity contribution in [2.24, 2.45) is 5.10 Å². The number of aromatic nitrogens is 5. The first-order valence-electron chi connectivity index (χ1n) is 12.4. The van der Waals surface area contributed by atoms with E-state index in [-0.39, 0.29) is 5.91 Å². The first kappa shape index (κ1) is 22.8. The van der Waals surface area contributed by atoms with Crippen molar-refractivity contribution in [2.45, 2.75) is 33.1 Å². The number of unbranched alkanes of at least 4 members (excludes halogenated alkanes) is 1. The lowest BCUT2D eigenvalue weighted by atomic mass is 10.0. The zero-order chi connectivity index (χ0) is 25.4. The second kappa shape index (κ2) is 9.44. The third kappa shape index (κ3) is 4.41. The molecular formula is C28H27N8O+. The molecule has 37 heavy (non-hydrogen) atoms. The van der Waals surface area contributed by atoms with E-state index in [0.717, 1.165) is 63.3 Å². The van der Waals surface area contributed by atoms with Crippen LogP contribution in [0, 0.1) is 6.92 Å². The Morgan fingerprint density at radius 2 is 2.05 bits per heavy atom. The van der Waals surface area contributed by atoms with Crippen molar-refractivity contribution in [3.8, 4) is 16.8 Å². The van der Waals surface area contributed by atoms with Gasteiger partial charge in [-0.25, -0.2) is 9.97 Å². The molecule has 0 bridgehead atoms. The molecular weight excluding hydrogens is 464 g/mol. The van der Waals surface area contributed by atoms with Gasteiger partial charge in [0.2, 0.25) is 5.91 Å². The van der Waals surface area contributed by atoms with Crippen LogP contribution in [0.2, 0.25) is 0 Å². The second-order valence-electron chi connectivity index (χ2n) is 9.20. The van der Waals surface area contributed by atoms with Crippen LogP contribution in [-0.2, 0) is 4.79 Å². The first-order valence-corrected chi connectivity index (χ1v) is 12.4. The lowest BCUT2D eigenvalue weighted by molar-refractivity contribution is -0.573. The first-order chi connectivity index (χ1) is 18.1. The molecule has 6 rings (SSSR count). The Kier molecular flexibility index (Phi) is 5.82. The highest BCUT2D eigenvalue weighted by atomic mass is 16.1. The molecule has 0 saturated carbocycles. The molecule has 184 valence electrons. The summed E-state index contributed by atoms with van der Waals surface area (Å²) >= 11 is 0. The summed E-state index contributed by atoms with van der Waals surface area (Å²) in [5, 5.41) is 7.66. The molecule has 2 aromatic carbocycles. The van der Waals surface area contributed by atoms with Crippen molar-refractivity contribution < 1.29 is 10.2 Å². The van der Waals surface area contributed by atoms with E-state index in [2.05, 4.69) is 39.3 Å². The van der Waals surface area contributed by atoms with E-state index in [4.69, 9.17) is 10.1 Å². The number of imidazole rings is 2. The molecule has 5 aromatic rings. The van der Waals surface area contributed by atoms with E-state index in [1.807, 2.05) is 53.4 Å². The normalized spacial score (nSPS) is 12.5. The number of amides is 1. The number of hydrogen-bond acceptors (Lipinski definition) is 5. The predicted molar refractivity (Wildman–Crippen MR) is 143 cm³/mol. The van der Waals surface area contributed by atoms with Crippen LogP contribution in [0.1, 0.15) is 43.3 Å². The van der Waals surface area contributed by atoms with Gasteiger partial charge in [0.15, 0.2) is 17.2 Å². The van der Waals surface area contributed by atoms with Gasteiger partial charge in [0.05, 0.1) is 40.7 Å². The molecule has 0 fully saturated rings. The van der Waals surface area contributed by atoms with Crippen LogP contribution in [0.25, 0.3) is 27.8 Å². The fourth-order valence-corrected chi connectivity index (χ4v) is 4.56. The Labute approximate surface area is 213 Å². The second-order valence-corrected chi connectivity index (χ2v) is 9.20. The van der Waals surface area contributed by atoms with E-state index in [9.17, 15) is 4.79 Å². The third-order valence-corrected chi connectivity index (χ3v) is 6.46. The highest BCUT2D eigenvalue weighted by molar-refractivity contribution is 6.15. The maximum atomic E-state index is 12.2. The van der Waals surface area contributed by atoms with Crippen LogP contribution >= 0.6 is 0 Å². The SMILES string of the molecule is CCCCC(=O)Nc1cncc(-c2ccc3c(c2)C(c2nc4c(-n5cnc(C)c5)cccc4[nH]2)=N[NH2+]3)c1. The van der Waals surface area contributed by atoms with Crippen molar-refractivity contribution in [3.05, 3.63) is 84.5 Å². The minimum absolute atomic E-state index is 0.00822. The molecule has 9 heteroatoms. The van der Waals surface area contributed by atoms with Gasteiger partial charge in [0.1, 0.15) is 5.52 Å². The molecule has 0 radical (unpaired) electrons. The highest BCUT2D eigenvalue weighted by Gasteiger charge is 2.26. The Balaban J connectivity index is 1.32. The lowest BCUT2D eigenvalue weighted by Gasteiger charge is -2.08. The number of carbonyl (C=O) groups excluding carboxylic acids is 1. The van der Waals surface area contributed by atoms with E-state index >= 15 is 0 Å². The number of nitrogens with one attached hydrogen (secondary N) is 2. The summed E-state index contributed by atoms with van der Waals surface area (Å²) in [5.41, 5.74) is 11.0. The number of nitrogens with zero attached hydrogens (tertiary/aromatic N) is 5. The molecule has 0 unspecified atom stereocenters. The molecule has 1 amide bonds. The van der Waals surface area contributed by atoms with Crippen molar-refractivity contribution in [1.29, 1.82) is 0 Å². The number of carbonyl (C=O) groups is 1. The van der Waals surface area contributed by atoms with Gasteiger partial charge < -0.3 is 14.9 Å². The summed E-state index contributed by atoms with van der Waals surface area (Å²) in [6, 6.07) is 14.2. The van der Waals surface area contributed by atoms with Gasteiger partial charge in [0, 0.05) is 30.4 Å². The fourth-order valence-electron chi connectivity index (χ4n) is 4.56. The molecule has 4 N–H and O–H groups in total. The number of nitrogens with two attached hydrogens (primary N) is 1. The van der Waals surface area contributed by atoms with Crippen LogP contribution in [-0.4, -0.2) is 36.1 Å². The van der Waals surface area contributed by atoms with Gasteiger partial charge in [0.25, 0.3) is 0 Å². The standard InChI is InChI=1S/C28H26N8O/c1-3-4-8-25(37)31-20-11-19(13-29-14-20)18-9-10-22-21(12-18)26(35-34-22)28-32-23-6-5-7-24(27(23)33-28)36-15-17(2)30-16-36/h5-7,9-16H,3-4,8H2,1-2H3,(H,31,37)(H,32,33)(H,34,35)/p+1. The van der Waals surface area contributed by atoms with Crippen LogP contribution in [0.3, 0.4) is 0 Å². The Morgan fingerprint density at radius 1 is 1.14 bits per heavy atom. The zero-order valence-electron chi connectivity index (χ0n) is 20.7. The van der Waals surface area contributed by atoms with E-state index in [0.29, 0.717) is 17.9 Å². The summed E-state index contributed by atoms with van der Waals surface area (Å²) in [4.78, 5) is 29.3. The van der Waals surface area contributed by atoms with Crippen LogP contribution in [0.4, 0.5) is 11.4 Å². The molecule has 3 aromatic heterocycles. The van der Waals surface area contributed by atoms with Crippen LogP contribution in [0.5, 0.6) is 0 Å². The monoisotopic (exact) mass is 491 g/mol. The maximum absolute atomic E-state index is 12.2. The van der Waals surface area contributed by atoms with Crippen molar-refractivity contribution in [1.82, 2.24) is 24.5 Å². The van der Waals surface area contributed by atoms with Gasteiger partial charge >= 0.3 is 0 Å². The highest BCUT2D eigenvalue weighted by Crippen LogP contribution is 2.29. The Morgan fingerprint density at radius 3 is 2.89 bits per heavy atom. The number of hydrogen-bond donors (Lipinski definition) is 3. The van der Waals surface area contributed by atoms with Crippen LogP contribution < -0.4 is 10.7 Å². The molecule has 9 nitrogen and oxygen atoms in total. The average molecular weight is 492 g/mol. The fraction of sp³-hybridized carbons (Fsp3) is 0.179. The van der Waals surface area contributed by atoms with Crippen molar-refractivity contribution >= 4 is 34.0 Å². The number of H-pyrrole nitrogens is 1. The number of fused-ring (bicyclic) bond motifs is 2. The molecule has 1 aliphatic rings. The topological polar surface area (TPSA) is 117 Å². The Bertz CT molecular complexity index is 1660. The number of pyridine rings is 1. The number of benzene rings is 2. The number of aromatic amines is 1. The van der Waals surface area contributed by atoms with Crippen molar-refractivity contribution in [3.63, 3.8) is 0 Å². The predicted octanol–water partition coefficient (Wildman–Crippen LogP) is 4.21. The smallest absolute Gasteiger partial charge is 0.224 e. The Hall–Kier alpha value is -4.63. The van der Waals surface area contributed by atoms with Gasteiger partial charge in [-0.1, -0.05) is 24.5 Å². The summed E-state index contributed by atoms with van der Waals surface area (Å²) in [6.45, 7) is 4.04. The largest absolute Gasteiger partial charge is 0.336 e. The van der Waals surface area contributed by atoms with Gasteiger partial charge in [-0.15, -0.1) is 0 Å². The number of aryl methyl sites for hydroxylation is 1. The summed E-state index contributed by atoms with van der Waals surface area (Å²) in [5.74, 6) is 0.718. The molecule has 0 aliphatic carbocycles. The molecule has 0 atom stereocenters.